The summed E-state index contributed by atoms with van der Waals surface area (Å²) < 4.78 is 0. The highest BCUT2D eigenvalue weighted by Gasteiger charge is 2.42. The number of rotatable bonds is 4. The number of carbonyl (C=O) groups is 1. The van der Waals surface area contributed by atoms with Gasteiger partial charge in [0.05, 0.1) is 0 Å². The Hall–Kier alpha value is -0.610. The number of carboxylic acids is 1. The molecule has 2 N–H and O–H groups in total. The first-order chi connectivity index (χ1) is 8.20. The van der Waals surface area contributed by atoms with Crippen molar-refractivity contribution >= 4 is 5.97 Å². The number of carboxylic acid groups (broad SMARTS) is 1. The van der Waals surface area contributed by atoms with E-state index in [1.54, 1.807) is 7.05 Å². The maximum Gasteiger partial charge on any atom is 0.323 e. The highest BCUT2D eigenvalue weighted by atomic mass is 16.4. The van der Waals surface area contributed by atoms with Crippen LogP contribution in [0.15, 0.2) is 0 Å². The predicted octanol–water partition coefficient (Wildman–Crippen LogP) is 1.95. The molecule has 0 aromatic carbocycles. The Morgan fingerprint density at radius 2 is 2.11 bits per heavy atom. The standard InChI is InChI=1S/C14H28N2O2/c1-13(2,3)10-16(5)11-7-6-8-14(9-11,15-4)12(17)18/h11,15H,6-10H2,1-5H3,(H,17,18). The second kappa shape index (κ2) is 5.57. The zero-order valence-electron chi connectivity index (χ0n) is 12.4. The number of hydrogen-bond donors (Lipinski definition) is 2. The van der Waals surface area contributed by atoms with Crippen LogP contribution in [0.5, 0.6) is 0 Å². The average Bonchev–Trinajstić information content (AvgIpc) is 2.26. The van der Waals surface area contributed by atoms with E-state index in [2.05, 4.69) is 38.0 Å². The first-order valence-corrected chi connectivity index (χ1v) is 6.83. The van der Waals surface area contributed by atoms with Gasteiger partial charge in [0.1, 0.15) is 5.54 Å². The number of nitrogens with one attached hydrogen (secondary N) is 1. The molecule has 2 unspecified atom stereocenters. The van der Waals surface area contributed by atoms with E-state index in [4.69, 9.17) is 0 Å². The van der Waals surface area contributed by atoms with E-state index >= 15 is 0 Å². The van der Waals surface area contributed by atoms with Crippen LogP contribution in [0.1, 0.15) is 46.5 Å². The number of aliphatic carboxylic acids is 1. The molecular weight excluding hydrogens is 228 g/mol. The predicted molar refractivity (Wildman–Crippen MR) is 73.8 cm³/mol. The van der Waals surface area contributed by atoms with Gasteiger partial charge in [-0.2, -0.15) is 0 Å². The fourth-order valence-electron chi connectivity index (χ4n) is 3.03. The molecule has 1 rings (SSSR count). The van der Waals surface area contributed by atoms with E-state index in [-0.39, 0.29) is 5.41 Å². The van der Waals surface area contributed by atoms with Crippen molar-refractivity contribution in [3.05, 3.63) is 0 Å². The SMILES string of the molecule is CNC1(C(=O)O)CCCC(N(C)CC(C)(C)C)C1. The molecule has 2 atom stereocenters. The molecule has 18 heavy (non-hydrogen) atoms. The third-order valence-corrected chi connectivity index (χ3v) is 3.96. The fraction of sp³-hybridized carbons (Fsp3) is 0.929. The largest absolute Gasteiger partial charge is 0.480 e. The highest BCUT2D eigenvalue weighted by Crippen LogP contribution is 2.32. The summed E-state index contributed by atoms with van der Waals surface area (Å²) in [5.74, 6) is -0.709. The zero-order chi connectivity index (χ0) is 14.0. The van der Waals surface area contributed by atoms with E-state index in [0.29, 0.717) is 12.5 Å². The van der Waals surface area contributed by atoms with E-state index in [1.165, 1.54) is 0 Å². The second-order valence-corrected chi connectivity index (χ2v) is 6.86. The molecular formula is C14H28N2O2. The molecule has 0 radical (unpaired) electrons. The van der Waals surface area contributed by atoms with Crippen LogP contribution in [-0.4, -0.2) is 48.2 Å². The minimum absolute atomic E-state index is 0.248. The second-order valence-electron chi connectivity index (χ2n) is 6.86. The molecule has 0 aromatic heterocycles. The van der Waals surface area contributed by atoms with E-state index < -0.39 is 11.5 Å². The molecule has 0 aromatic rings. The smallest absolute Gasteiger partial charge is 0.323 e. The lowest BCUT2D eigenvalue weighted by Crippen LogP contribution is -2.57. The number of hydrogen-bond acceptors (Lipinski definition) is 3. The van der Waals surface area contributed by atoms with Crippen LogP contribution in [-0.2, 0) is 4.79 Å². The van der Waals surface area contributed by atoms with Gasteiger partial charge < -0.3 is 15.3 Å². The van der Waals surface area contributed by atoms with Crippen LogP contribution in [0.3, 0.4) is 0 Å². The maximum absolute atomic E-state index is 11.5. The van der Waals surface area contributed by atoms with Crippen LogP contribution in [0, 0.1) is 5.41 Å². The van der Waals surface area contributed by atoms with Gasteiger partial charge in [0.2, 0.25) is 0 Å². The lowest BCUT2D eigenvalue weighted by molar-refractivity contribution is -0.147. The Balaban J connectivity index is 2.71. The van der Waals surface area contributed by atoms with Gasteiger partial charge >= 0.3 is 5.97 Å². The van der Waals surface area contributed by atoms with Crippen molar-refractivity contribution in [2.24, 2.45) is 5.41 Å². The summed E-state index contributed by atoms with van der Waals surface area (Å²) in [6.07, 6.45) is 3.51. The van der Waals surface area contributed by atoms with Gasteiger partial charge in [-0.3, -0.25) is 4.79 Å². The third kappa shape index (κ3) is 3.69. The maximum atomic E-state index is 11.5. The molecule has 0 bridgehead atoms. The number of likely N-dealkylation sites (N-methyl/N-ethyl adjacent to an activating group) is 1. The zero-order valence-corrected chi connectivity index (χ0v) is 12.4. The highest BCUT2D eigenvalue weighted by molar-refractivity contribution is 5.79. The fourth-order valence-corrected chi connectivity index (χ4v) is 3.03. The minimum atomic E-state index is -0.727. The molecule has 0 saturated heterocycles. The van der Waals surface area contributed by atoms with Gasteiger partial charge in [0.25, 0.3) is 0 Å². The lowest BCUT2D eigenvalue weighted by Gasteiger charge is -2.42. The monoisotopic (exact) mass is 256 g/mol. The molecule has 4 heteroatoms. The van der Waals surface area contributed by atoms with Crippen molar-refractivity contribution in [3.8, 4) is 0 Å². The summed E-state index contributed by atoms with van der Waals surface area (Å²) in [5, 5.41) is 12.5. The summed E-state index contributed by atoms with van der Waals surface area (Å²) in [6.45, 7) is 7.65. The molecule has 1 aliphatic carbocycles. The van der Waals surface area contributed by atoms with Gasteiger partial charge in [-0.25, -0.2) is 0 Å². The number of nitrogens with zero attached hydrogens (tertiary/aromatic N) is 1. The molecule has 0 aliphatic heterocycles. The normalized spacial score (nSPS) is 29.6. The van der Waals surface area contributed by atoms with Crippen molar-refractivity contribution in [2.75, 3.05) is 20.6 Å². The molecule has 1 aliphatic rings. The van der Waals surface area contributed by atoms with E-state index in [9.17, 15) is 9.90 Å². The third-order valence-electron chi connectivity index (χ3n) is 3.96. The van der Waals surface area contributed by atoms with E-state index in [0.717, 1.165) is 25.8 Å². The Bertz CT molecular complexity index is 299. The summed E-state index contributed by atoms with van der Waals surface area (Å²) in [4.78, 5) is 13.8. The van der Waals surface area contributed by atoms with Crippen LogP contribution < -0.4 is 5.32 Å². The molecule has 0 amide bonds. The van der Waals surface area contributed by atoms with Crippen molar-refractivity contribution in [3.63, 3.8) is 0 Å². The van der Waals surface area contributed by atoms with Gasteiger partial charge in [0.15, 0.2) is 0 Å². The molecule has 0 spiro atoms. The van der Waals surface area contributed by atoms with Crippen molar-refractivity contribution in [1.82, 2.24) is 10.2 Å². The Morgan fingerprint density at radius 3 is 2.56 bits per heavy atom. The van der Waals surface area contributed by atoms with Gasteiger partial charge in [-0.05, 0) is 45.2 Å². The van der Waals surface area contributed by atoms with Crippen LogP contribution in [0.2, 0.25) is 0 Å². The van der Waals surface area contributed by atoms with Crippen LogP contribution in [0.4, 0.5) is 0 Å². The van der Waals surface area contributed by atoms with Gasteiger partial charge in [-0.15, -0.1) is 0 Å². The molecule has 0 heterocycles. The van der Waals surface area contributed by atoms with Crippen molar-refractivity contribution < 1.29 is 9.90 Å². The Kier molecular flexibility index (Phi) is 4.78. The van der Waals surface area contributed by atoms with Gasteiger partial charge in [0, 0.05) is 12.6 Å². The summed E-state index contributed by atoms with van der Waals surface area (Å²) in [7, 11) is 3.88. The average molecular weight is 256 g/mol. The quantitative estimate of drug-likeness (QED) is 0.807. The first kappa shape index (κ1) is 15.4. The molecule has 1 saturated carbocycles. The lowest BCUT2D eigenvalue weighted by atomic mass is 9.78. The van der Waals surface area contributed by atoms with Crippen molar-refractivity contribution in [1.29, 1.82) is 0 Å². The molecule has 106 valence electrons. The summed E-state index contributed by atoms with van der Waals surface area (Å²) >= 11 is 0. The Morgan fingerprint density at radius 1 is 1.50 bits per heavy atom. The molecule has 4 nitrogen and oxygen atoms in total. The minimum Gasteiger partial charge on any atom is -0.480 e. The van der Waals surface area contributed by atoms with Crippen LogP contribution >= 0.6 is 0 Å². The summed E-state index contributed by atoms with van der Waals surface area (Å²) in [5.41, 5.74) is -0.479. The topological polar surface area (TPSA) is 52.6 Å². The Labute approximate surface area is 111 Å². The summed E-state index contributed by atoms with van der Waals surface area (Å²) in [6, 6.07) is 0.363. The first-order valence-electron chi connectivity index (χ1n) is 6.83. The van der Waals surface area contributed by atoms with E-state index in [1.807, 2.05) is 0 Å². The van der Waals surface area contributed by atoms with Gasteiger partial charge in [-0.1, -0.05) is 20.8 Å². The van der Waals surface area contributed by atoms with Crippen LogP contribution in [0.25, 0.3) is 0 Å². The van der Waals surface area contributed by atoms with Crippen molar-refractivity contribution in [2.45, 2.75) is 58.0 Å². The molecule has 1 fully saturated rings.